The van der Waals surface area contributed by atoms with E-state index in [-0.39, 0.29) is 11.9 Å². The number of benzene rings is 1. The maximum atomic E-state index is 12.7. The Bertz CT molecular complexity index is 786. The first kappa shape index (κ1) is 17.7. The van der Waals surface area contributed by atoms with Gasteiger partial charge in [0.25, 0.3) is 5.91 Å². The molecule has 2 heterocycles. The van der Waals surface area contributed by atoms with Crippen LogP contribution < -0.4 is 5.32 Å². The van der Waals surface area contributed by atoms with Gasteiger partial charge in [-0.25, -0.2) is 4.98 Å². The minimum Gasteiger partial charge on any atom is -0.348 e. The van der Waals surface area contributed by atoms with Gasteiger partial charge in [0.05, 0.1) is 5.52 Å². The molecular formula is C21H26ClN3O. The summed E-state index contributed by atoms with van der Waals surface area (Å²) in [6.07, 6.45) is 9.16. The van der Waals surface area contributed by atoms with Crippen LogP contribution in [-0.4, -0.2) is 41.0 Å². The van der Waals surface area contributed by atoms with E-state index < -0.39 is 0 Å². The molecule has 2 aliphatic rings. The number of hydrogen-bond acceptors (Lipinski definition) is 3. The summed E-state index contributed by atoms with van der Waals surface area (Å²) in [6.45, 7) is 2.09. The zero-order valence-corrected chi connectivity index (χ0v) is 15.8. The minimum atomic E-state index is 0.00886. The number of amides is 1. The lowest BCUT2D eigenvalue weighted by molar-refractivity contribution is 0.0935. The molecule has 1 aromatic carbocycles. The van der Waals surface area contributed by atoms with Gasteiger partial charge >= 0.3 is 0 Å². The molecule has 5 heteroatoms. The number of pyridine rings is 1. The average molecular weight is 372 g/mol. The second-order valence-electron chi connectivity index (χ2n) is 7.64. The summed E-state index contributed by atoms with van der Waals surface area (Å²) in [7, 11) is 0. The fourth-order valence-corrected chi connectivity index (χ4v) is 4.52. The fraction of sp³-hybridized carbons (Fsp3) is 0.524. The molecule has 4 rings (SSSR count). The molecule has 4 nitrogen and oxygen atoms in total. The number of carbonyl (C=O) groups is 1. The Morgan fingerprint density at radius 3 is 2.69 bits per heavy atom. The summed E-state index contributed by atoms with van der Waals surface area (Å²) in [5.41, 5.74) is 1.50. The van der Waals surface area contributed by atoms with Crippen LogP contribution in [0.2, 0.25) is 5.15 Å². The average Bonchev–Trinajstić information content (AvgIpc) is 2.93. The van der Waals surface area contributed by atoms with Crippen molar-refractivity contribution in [2.45, 2.75) is 57.0 Å². The third-order valence-electron chi connectivity index (χ3n) is 5.81. The van der Waals surface area contributed by atoms with Crippen molar-refractivity contribution in [1.29, 1.82) is 0 Å². The predicted molar refractivity (Wildman–Crippen MR) is 106 cm³/mol. The largest absolute Gasteiger partial charge is 0.348 e. The van der Waals surface area contributed by atoms with Crippen LogP contribution in [0.1, 0.15) is 55.3 Å². The van der Waals surface area contributed by atoms with Gasteiger partial charge in [0, 0.05) is 36.1 Å². The van der Waals surface area contributed by atoms with Gasteiger partial charge in [-0.2, -0.15) is 0 Å². The predicted octanol–water partition coefficient (Wildman–Crippen LogP) is 4.42. The number of carbonyl (C=O) groups excluding carboxylic acids is 1. The number of aromatic nitrogens is 1. The molecule has 1 atom stereocenters. The highest BCUT2D eigenvalue weighted by Gasteiger charge is 2.29. The molecule has 1 amide bonds. The number of hydrogen-bond donors (Lipinski definition) is 1. The Balaban J connectivity index is 1.38. The highest BCUT2D eigenvalue weighted by atomic mass is 35.5. The lowest BCUT2D eigenvalue weighted by atomic mass is 10.1. The van der Waals surface area contributed by atoms with Gasteiger partial charge in [-0.3, -0.25) is 9.69 Å². The molecule has 138 valence electrons. The molecule has 2 fully saturated rings. The molecule has 1 aliphatic carbocycles. The third kappa shape index (κ3) is 4.02. The molecule has 26 heavy (non-hydrogen) atoms. The van der Waals surface area contributed by atoms with Crippen LogP contribution in [-0.2, 0) is 0 Å². The topological polar surface area (TPSA) is 45.2 Å². The second kappa shape index (κ2) is 7.93. The van der Waals surface area contributed by atoms with E-state index in [1.165, 1.54) is 38.5 Å². The van der Waals surface area contributed by atoms with Crippen LogP contribution in [0.15, 0.2) is 30.3 Å². The summed E-state index contributed by atoms with van der Waals surface area (Å²) in [5.74, 6) is 0.00886. The smallest absolute Gasteiger partial charge is 0.251 e. The zero-order valence-electron chi connectivity index (χ0n) is 15.1. The van der Waals surface area contributed by atoms with Crippen LogP contribution >= 0.6 is 11.6 Å². The van der Waals surface area contributed by atoms with Crippen LogP contribution in [0.3, 0.4) is 0 Å². The monoisotopic (exact) mass is 371 g/mol. The van der Waals surface area contributed by atoms with E-state index in [9.17, 15) is 4.79 Å². The standard InChI is InChI=1S/C21H26ClN3O/c22-20-10-8-15-13-16(7-9-19(15)24-20)21(26)23-17-11-12-25(14-17)18-5-3-1-2-4-6-18/h7-10,13,17-18H,1-6,11-12,14H2,(H,23,26). The molecule has 1 unspecified atom stereocenters. The summed E-state index contributed by atoms with van der Waals surface area (Å²) in [6, 6.07) is 10.2. The lowest BCUT2D eigenvalue weighted by Crippen LogP contribution is -2.39. The van der Waals surface area contributed by atoms with E-state index >= 15 is 0 Å². The summed E-state index contributed by atoms with van der Waals surface area (Å²) in [4.78, 5) is 19.5. The van der Waals surface area contributed by atoms with Gasteiger partial charge in [-0.15, -0.1) is 0 Å². The number of halogens is 1. The summed E-state index contributed by atoms with van der Waals surface area (Å²) in [5, 5.41) is 4.64. The van der Waals surface area contributed by atoms with Gasteiger partial charge in [-0.05, 0) is 49.6 Å². The fourth-order valence-electron chi connectivity index (χ4n) is 4.37. The van der Waals surface area contributed by atoms with Crippen molar-refractivity contribution in [3.63, 3.8) is 0 Å². The normalized spacial score (nSPS) is 22.4. The zero-order chi connectivity index (χ0) is 17.9. The Morgan fingerprint density at radius 1 is 1.08 bits per heavy atom. The first-order valence-corrected chi connectivity index (χ1v) is 10.2. The maximum Gasteiger partial charge on any atom is 0.251 e. The molecule has 1 aliphatic heterocycles. The molecular weight excluding hydrogens is 346 g/mol. The van der Waals surface area contributed by atoms with Crippen LogP contribution in [0.4, 0.5) is 0 Å². The van der Waals surface area contributed by atoms with Crippen molar-refractivity contribution in [3.05, 3.63) is 41.0 Å². The van der Waals surface area contributed by atoms with Crippen molar-refractivity contribution in [1.82, 2.24) is 15.2 Å². The SMILES string of the molecule is O=C(NC1CCN(C2CCCCCC2)C1)c1ccc2nc(Cl)ccc2c1. The quantitative estimate of drug-likeness (QED) is 0.641. The van der Waals surface area contributed by atoms with Crippen LogP contribution in [0, 0.1) is 0 Å². The van der Waals surface area contributed by atoms with Gasteiger partial charge in [0.1, 0.15) is 5.15 Å². The van der Waals surface area contributed by atoms with E-state index in [0.29, 0.717) is 10.7 Å². The number of likely N-dealkylation sites (tertiary alicyclic amines) is 1. The van der Waals surface area contributed by atoms with Gasteiger partial charge in [-0.1, -0.05) is 37.3 Å². The molecule has 1 N–H and O–H groups in total. The maximum absolute atomic E-state index is 12.7. The number of fused-ring (bicyclic) bond motifs is 1. The van der Waals surface area contributed by atoms with Gasteiger partial charge in [0.15, 0.2) is 0 Å². The van der Waals surface area contributed by atoms with Crippen molar-refractivity contribution >= 4 is 28.4 Å². The van der Waals surface area contributed by atoms with E-state index in [0.717, 1.165) is 36.5 Å². The molecule has 1 saturated heterocycles. The Kier molecular flexibility index (Phi) is 5.41. The van der Waals surface area contributed by atoms with Gasteiger partial charge < -0.3 is 5.32 Å². The van der Waals surface area contributed by atoms with Crippen LogP contribution in [0.25, 0.3) is 10.9 Å². The molecule has 1 saturated carbocycles. The highest BCUT2D eigenvalue weighted by molar-refractivity contribution is 6.29. The Hall–Kier alpha value is -1.65. The first-order valence-electron chi connectivity index (χ1n) is 9.80. The lowest BCUT2D eigenvalue weighted by Gasteiger charge is -2.26. The van der Waals surface area contributed by atoms with E-state index in [2.05, 4.69) is 15.2 Å². The summed E-state index contributed by atoms with van der Waals surface area (Å²) >= 11 is 5.93. The highest BCUT2D eigenvalue weighted by Crippen LogP contribution is 2.25. The van der Waals surface area contributed by atoms with E-state index in [4.69, 9.17) is 11.6 Å². The molecule has 0 bridgehead atoms. The van der Waals surface area contributed by atoms with E-state index in [1.807, 2.05) is 24.3 Å². The van der Waals surface area contributed by atoms with Crippen molar-refractivity contribution < 1.29 is 4.79 Å². The van der Waals surface area contributed by atoms with E-state index in [1.54, 1.807) is 6.07 Å². The third-order valence-corrected chi connectivity index (χ3v) is 6.02. The van der Waals surface area contributed by atoms with Crippen molar-refractivity contribution in [2.75, 3.05) is 13.1 Å². The number of rotatable bonds is 3. The van der Waals surface area contributed by atoms with Crippen molar-refractivity contribution in [3.8, 4) is 0 Å². The molecule has 0 radical (unpaired) electrons. The molecule has 1 aromatic heterocycles. The molecule has 0 spiro atoms. The van der Waals surface area contributed by atoms with Crippen molar-refractivity contribution in [2.24, 2.45) is 0 Å². The van der Waals surface area contributed by atoms with Crippen LogP contribution in [0.5, 0.6) is 0 Å². The minimum absolute atomic E-state index is 0.00886. The number of nitrogens with one attached hydrogen (secondary N) is 1. The second-order valence-corrected chi connectivity index (χ2v) is 8.03. The molecule has 2 aromatic rings. The number of nitrogens with zero attached hydrogens (tertiary/aromatic N) is 2. The van der Waals surface area contributed by atoms with Gasteiger partial charge in [0.2, 0.25) is 0 Å². The summed E-state index contributed by atoms with van der Waals surface area (Å²) < 4.78 is 0. The first-order chi connectivity index (χ1) is 12.7. The Morgan fingerprint density at radius 2 is 1.88 bits per heavy atom. The Labute approximate surface area is 159 Å².